The van der Waals surface area contributed by atoms with Crippen LogP contribution < -0.4 is 0 Å². The monoisotopic (exact) mass is 212 g/mol. The van der Waals surface area contributed by atoms with Crippen LogP contribution in [0.2, 0.25) is 0 Å². The Balaban J connectivity index is 1.82. The van der Waals surface area contributed by atoms with Crippen molar-refractivity contribution in [3.8, 4) is 0 Å². The van der Waals surface area contributed by atoms with Crippen LogP contribution in [0.1, 0.15) is 32.1 Å². The minimum Gasteiger partial charge on any atom is -0.393 e. The van der Waals surface area contributed by atoms with Crippen molar-refractivity contribution in [1.29, 1.82) is 0 Å². The zero-order valence-corrected chi connectivity index (χ0v) is 10.0. The SMILES string of the molecule is CN1CCC(N(C)C2CCC(O)CC2)C1. The third-order valence-electron chi connectivity index (χ3n) is 4.18. The molecule has 0 amide bonds. The maximum absolute atomic E-state index is 9.49. The average molecular weight is 212 g/mol. The summed E-state index contributed by atoms with van der Waals surface area (Å²) in [5, 5.41) is 9.49. The van der Waals surface area contributed by atoms with Crippen LogP contribution >= 0.6 is 0 Å². The lowest BCUT2D eigenvalue weighted by Gasteiger charge is -2.36. The van der Waals surface area contributed by atoms with Crippen molar-refractivity contribution in [1.82, 2.24) is 9.80 Å². The summed E-state index contributed by atoms with van der Waals surface area (Å²) in [5.74, 6) is 0. The van der Waals surface area contributed by atoms with Crippen molar-refractivity contribution in [3.05, 3.63) is 0 Å². The number of likely N-dealkylation sites (tertiary alicyclic amines) is 1. The Kier molecular flexibility index (Phi) is 3.65. The molecule has 1 aliphatic carbocycles. The Morgan fingerprint density at radius 2 is 1.73 bits per heavy atom. The molecule has 88 valence electrons. The molecular formula is C12H24N2O. The normalized spacial score (nSPS) is 38.8. The molecule has 2 fully saturated rings. The van der Waals surface area contributed by atoms with Crippen LogP contribution in [0.3, 0.4) is 0 Å². The summed E-state index contributed by atoms with van der Waals surface area (Å²) in [6.07, 6.45) is 5.64. The fourth-order valence-electron chi connectivity index (χ4n) is 3.01. The second-order valence-corrected chi connectivity index (χ2v) is 5.33. The molecule has 1 saturated carbocycles. The number of aliphatic hydroxyl groups is 1. The molecule has 1 atom stereocenters. The first-order valence-corrected chi connectivity index (χ1v) is 6.25. The van der Waals surface area contributed by atoms with Gasteiger partial charge in [-0.1, -0.05) is 0 Å². The first kappa shape index (κ1) is 11.4. The summed E-state index contributed by atoms with van der Waals surface area (Å²) in [6.45, 7) is 2.46. The molecule has 2 rings (SSSR count). The molecule has 2 aliphatic rings. The predicted octanol–water partition coefficient (Wildman–Crippen LogP) is 0.926. The third kappa shape index (κ3) is 2.71. The van der Waals surface area contributed by atoms with E-state index in [0.717, 1.165) is 18.9 Å². The number of hydrogen-bond donors (Lipinski definition) is 1. The van der Waals surface area contributed by atoms with E-state index in [4.69, 9.17) is 0 Å². The van der Waals surface area contributed by atoms with E-state index < -0.39 is 0 Å². The standard InChI is InChI=1S/C12H24N2O/c1-13-8-7-11(9-13)14(2)10-3-5-12(15)6-4-10/h10-12,15H,3-9H2,1-2H3. The van der Waals surface area contributed by atoms with Crippen LogP contribution in [0.15, 0.2) is 0 Å². The van der Waals surface area contributed by atoms with Gasteiger partial charge in [-0.3, -0.25) is 4.90 Å². The molecule has 1 saturated heterocycles. The predicted molar refractivity (Wildman–Crippen MR) is 61.9 cm³/mol. The summed E-state index contributed by atoms with van der Waals surface area (Å²) >= 11 is 0. The quantitative estimate of drug-likeness (QED) is 0.737. The van der Waals surface area contributed by atoms with Crippen molar-refractivity contribution >= 4 is 0 Å². The number of likely N-dealkylation sites (N-methyl/N-ethyl adjacent to an activating group) is 2. The average Bonchev–Trinajstić information content (AvgIpc) is 2.65. The lowest BCUT2D eigenvalue weighted by atomic mass is 9.91. The van der Waals surface area contributed by atoms with E-state index in [-0.39, 0.29) is 6.10 Å². The van der Waals surface area contributed by atoms with Gasteiger partial charge in [0.1, 0.15) is 0 Å². The summed E-state index contributed by atoms with van der Waals surface area (Å²) in [7, 11) is 4.48. The van der Waals surface area contributed by atoms with Gasteiger partial charge in [0.25, 0.3) is 0 Å². The fourth-order valence-corrected chi connectivity index (χ4v) is 3.01. The zero-order chi connectivity index (χ0) is 10.8. The summed E-state index contributed by atoms with van der Waals surface area (Å²) in [6, 6.07) is 1.46. The van der Waals surface area contributed by atoms with Crippen LogP contribution in [0.4, 0.5) is 0 Å². The van der Waals surface area contributed by atoms with Gasteiger partial charge in [-0.15, -0.1) is 0 Å². The first-order chi connectivity index (χ1) is 7.16. The lowest BCUT2D eigenvalue weighted by molar-refractivity contribution is 0.0685. The van der Waals surface area contributed by atoms with E-state index in [1.54, 1.807) is 0 Å². The zero-order valence-electron chi connectivity index (χ0n) is 10.0. The number of rotatable bonds is 2. The largest absolute Gasteiger partial charge is 0.393 e. The first-order valence-electron chi connectivity index (χ1n) is 6.25. The molecule has 15 heavy (non-hydrogen) atoms. The highest BCUT2D eigenvalue weighted by molar-refractivity contribution is 4.86. The van der Waals surface area contributed by atoms with Crippen molar-refractivity contribution in [3.63, 3.8) is 0 Å². The Morgan fingerprint density at radius 1 is 1.07 bits per heavy atom. The van der Waals surface area contributed by atoms with Gasteiger partial charge in [0.2, 0.25) is 0 Å². The Morgan fingerprint density at radius 3 is 2.27 bits per heavy atom. The van der Waals surface area contributed by atoms with Crippen molar-refractivity contribution in [2.75, 3.05) is 27.2 Å². The molecule has 1 unspecified atom stereocenters. The van der Waals surface area contributed by atoms with Gasteiger partial charge in [-0.2, -0.15) is 0 Å². The molecule has 0 aromatic heterocycles. The van der Waals surface area contributed by atoms with Crippen LogP contribution in [-0.4, -0.2) is 60.3 Å². The highest BCUT2D eigenvalue weighted by atomic mass is 16.3. The molecule has 1 aliphatic heterocycles. The number of aliphatic hydroxyl groups excluding tert-OH is 1. The van der Waals surface area contributed by atoms with Gasteiger partial charge in [0, 0.05) is 18.6 Å². The smallest absolute Gasteiger partial charge is 0.0541 e. The second kappa shape index (κ2) is 4.81. The summed E-state index contributed by atoms with van der Waals surface area (Å²) in [4.78, 5) is 4.98. The minimum absolute atomic E-state index is 0.0269. The number of nitrogens with zero attached hydrogens (tertiary/aromatic N) is 2. The van der Waals surface area contributed by atoms with Gasteiger partial charge in [-0.25, -0.2) is 0 Å². The van der Waals surface area contributed by atoms with Crippen molar-refractivity contribution in [2.45, 2.75) is 50.3 Å². The highest BCUT2D eigenvalue weighted by Gasteiger charge is 2.30. The van der Waals surface area contributed by atoms with Crippen LogP contribution in [-0.2, 0) is 0 Å². The Hall–Kier alpha value is -0.120. The topological polar surface area (TPSA) is 26.7 Å². The molecule has 1 heterocycles. The van der Waals surface area contributed by atoms with E-state index in [2.05, 4.69) is 23.9 Å². The molecule has 0 aromatic carbocycles. The van der Waals surface area contributed by atoms with E-state index >= 15 is 0 Å². The van der Waals surface area contributed by atoms with Crippen molar-refractivity contribution in [2.24, 2.45) is 0 Å². The van der Waals surface area contributed by atoms with Crippen molar-refractivity contribution < 1.29 is 5.11 Å². The van der Waals surface area contributed by atoms with Gasteiger partial charge in [0.05, 0.1) is 6.10 Å². The Bertz CT molecular complexity index is 202. The van der Waals surface area contributed by atoms with E-state index in [1.165, 1.54) is 32.4 Å². The van der Waals surface area contributed by atoms with Gasteiger partial charge in [0.15, 0.2) is 0 Å². The molecule has 0 aromatic rings. The van der Waals surface area contributed by atoms with Gasteiger partial charge in [-0.05, 0) is 52.7 Å². The molecule has 0 bridgehead atoms. The minimum atomic E-state index is -0.0269. The van der Waals surface area contributed by atoms with Gasteiger partial charge >= 0.3 is 0 Å². The van der Waals surface area contributed by atoms with E-state index in [0.29, 0.717) is 6.04 Å². The summed E-state index contributed by atoms with van der Waals surface area (Å²) in [5.41, 5.74) is 0. The second-order valence-electron chi connectivity index (χ2n) is 5.33. The maximum Gasteiger partial charge on any atom is 0.0541 e. The van der Waals surface area contributed by atoms with E-state index in [9.17, 15) is 5.11 Å². The fraction of sp³-hybridized carbons (Fsp3) is 1.00. The molecular weight excluding hydrogens is 188 g/mol. The van der Waals surface area contributed by atoms with E-state index in [1.807, 2.05) is 0 Å². The Labute approximate surface area is 93.1 Å². The highest BCUT2D eigenvalue weighted by Crippen LogP contribution is 2.25. The maximum atomic E-state index is 9.49. The summed E-state index contributed by atoms with van der Waals surface area (Å²) < 4.78 is 0. The van der Waals surface area contributed by atoms with Crippen LogP contribution in [0.25, 0.3) is 0 Å². The molecule has 3 nitrogen and oxygen atoms in total. The van der Waals surface area contributed by atoms with Crippen LogP contribution in [0, 0.1) is 0 Å². The number of hydrogen-bond acceptors (Lipinski definition) is 3. The molecule has 1 N–H and O–H groups in total. The lowest BCUT2D eigenvalue weighted by Crippen LogP contribution is -2.43. The molecule has 0 spiro atoms. The van der Waals surface area contributed by atoms with Crippen LogP contribution in [0.5, 0.6) is 0 Å². The molecule has 0 radical (unpaired) electrons. The third-order valence-corrected chi connectivity index (χ3v) is 4.18. The van der Waals surface area contributed by atoms with Gasteiger partial charge < -0.3 is 10.0 Å². The molecule has 3 heteroatoms.